The summed E-state index contributed by atoms with van der Waals surface area (Å²) in [5.41, 5.74) is 0.827. The van der Waals surface area contributed by atoms with E-state index in [0.29, 0.717) is 19.2 Å². The molecule has 1 saturated carbocycles. The van der Waals surface area contributed by atoms with E-state index in [-0.39, 0.29) is 6.03 Å². The Balaban J connectivity index is 1.98. The van der Waals surface area contributed by atoms with Crippen molar-refractivity contribution in [2.24, 2.45) is 0 Å². The molecule has 1 aliphatic carbocycles. The predicted octanol–water partition coefficient (Wildman–Crippen LogP) is 4.01. The van der Waals surface area contributed by atoms with Gasteiger partial charge < -0.3 is 15.0 Å². The topological polar surface area (TPSA) is 41.6 Å². The Bertz CT molecular complexity index is 441. The van der Waals surface area contributed by atoms with Gasteiger partial charge >= 0.3 is 6.03 Å². The molecule has 0 heterocycles. The maximum Gasteiger partial charge on any atom is 0.322 e. The number of urea groups is 1. The molecule has 1 N–H and O–H groups in total. The van der Waals surface area contributed by atoms with E-state index in [9.17, 15) is 4.79 Å². The summed E-state index contributed by atoms with van der Waals surface area (Å²) in [6.07, 6.45) is 7.25. The first-order chi connectivity index (χ1) is 10.3. The average Bonchev–Trinajstić information content (AvgIpc) is 2.53. The Hall–Kier alpha value is -1.97. The molecule has 2 amide bonds. The van der Waals surface area contributed by atoms with Crippen LogP contribution in [0.15, 0.2) is 43.2 Å². The van der Waals surface area contributed by atoms with E-state index in [1.807, 2.05) is 35.2 Å². The maximum absolute atomic E-state index is 12.5. The third kappa shape index (κ3) is 4.81. The minimum atomic E-state index is -0.0410. The minimum absolute atomic E-state index is 0.0410. The maximum atomic E-state index is 12.5. The van der Waals surface area contributed by atoms with Crippen LogP contribution >= 0.6 is 0 Å². The molecule has 0 bridgehead atoms. The summed E-state index contributed by atoms with van der Waals surface area (Å²) in [6, 6.07) is 9.85. The number of amides is 2. The van der Waals surface area contributed by atoms with Crippen molar-refractivity contribution >= 4 is 11.7 Å². The number of benzene rings is 1. The van der Waals surface area contributed by atoms with Crippen molar-refractivity contribution in [3.8, 4) is 0 Å². The van der Waals surface area contributed by atoms with Gasteiger partial charge in [0.05, 0.1) is 12.8 Å². The second-order valence-electron chi connectivity index (χ2n) is 5.32. The van der Waals surface area contributed by atoms with Crippen LogP contribution in [0, 0.1) is 0 Å². The van der Waals surface area contributed by atoms with Crippen molar-refractivity contribution in [1.29, 1.82) is 0 Å². The highest BCUT2D eigenvalue weighted by Crippen LogP contribution is 2.23. The van der Waals surface area contributed by atoms with Crippen LogP contribution in [0.25, 0.3) is 0 Å². The van der Waals surface area contributed by atoms with Gasteiger partial charge in [0.2, 0.25) is 0 Å². The molecule has 2 rings (SSSR count). The van der Waals surface area contributed by atoms with Gasteiger partial charge in [-0.25, -0.2) is 4.79 Å². The summed E-state index contributed by atoms with van der Waals surface area (Å²) in [5.74, 6) is 0. The number of rotatable bonds is 6. The van der Waals surface area contributed by atoms with Gasteiger partial charge in [-0.3, -0.25) is 0 Å². The fourth-order valence-electron chi connectivity index (χ4n) is 2.79. The lowest BCUT2D eigenvalue weighted by molar-refractivity contribution is 0.137. The quantitative estimate of drug-likeness (QED) is 0.634. The molecule has 1 aromatic rings. The molecule has 0 radical (unpaired) electrons. The second kappa shape index (κ2) is 8.35. The zero-order valence-electron chi connectivity index (χ0n) is 12.5. The lowest BCUT2D eigenvalue weighted by atomic mass is 9.94. The lowest BCUT2D eigenvalue weighted by Crippen LogP contribution is -2.45. The lowest BCUT2D eigenvalue weighted by Gasteiger charge is -2.34. The summed E-state index contributed by atoms with van der Waals surface area (Å²) in [7, 11) is 0. The largest absolute Gasteiger partial charge is 0.500 e. The SMILES string of the molecule is C=COCCN(C(=O)Nc1ccccc1)C1CCCCC1. The smallest absolute Gasteiger partial charge is 0.322 e. The van der Waals surface area contributed by atoms with Gasteiger partial charge in [0, 0.05) is 11.7 Å². The summed E-state index contributed by atoms with van der Waals surface area (Å²) in [5, 5.41) is 2.97. The number of anilines is 1. The molecule has 0 aromatic heterocycles. The standard InChI is InChI=1S/C17H24N2O2/c1-2-21-14-13-19(16-11-7-4-8-12-16)17(20)18-15-9-5-3-6-10-15/h2-3,5-6,9-10,16H,1,4,7-8,11-14H2,(H,18,20). The van der Waals surface area contributed by atoms with Gasteiger partial charge in [0.1, 0.15) is 6.61 Å². The van der Waals surface area contributed by atoms with E-state index in [1.165, 1.54) is 25.5 Å². The Morgan fingerprint density at radius 2 is 2.00 bits per heavy atom. The summed E-state index contributed by atoms with van der Waals surface area (Å²) in [6.45, 7) is 4.62. The first-order valence-corrected chi connectivity index (χ1v) is 7.66. The fourth-order valence-corrected chi connectivity index (χ4v) is 2.79. The molecule has 0 spiro atoms. The van der Waals surface area contributed by atoms with Crippen LogP contribution in [0.1, 0.15) is 32.1 Å². The number of hydrogen-bond donors (Lipinski definition) is 1. The van der Waals surface area contributed by atoms with Gasteiger partial charge in [-0.2, -0.15) is 0 Å². The Morgan fingerprint density at radius 1 is 1.29 bits per heavy atom. The number of para-hydroxylation sites is 1. The van der Waals surface area contributed by atoms with Crippen molar-refractivity contribution in [2.45, 2.75) is 38.1 Å². The van der Waals surface area contributed by atoms with E-state index >= 15 is 0 Å². The highest BCUT2D eigenvalue weighted by molar-refractivity contribution is 5.89. The van der Waals surface area contributed by atoms with Crippen LogP contribution in [0.3, 0.4) is 0 Å². The van der Waals surface area contributed by atoms with Crippen LogP contribution in [-0.2, 0) is 4.74 Å². The van der Waals surface area contributed by atoms with Gasteiger partial charge in [-0.05, 0) is 25.0 Å². The van der Waals surface area contributed by atoms with Gasteiger partial charge in [0.15, 0.2) is 0 Å². The number of carbonyl (C=O) groups excluding carboxylic acids is 1. The van der Waals surface area contributed by atoms with E-state index in [1.54, 1.807) is 0 Å². The molecule has 0 saturated heterocycles. The monoisotopic (exact) mass is 288 g/mol. The van der Waals surface area contributed by atoms with Crippen molar-refractivity contribution in [3.05, 3.63) is 43.2 Å². The zero-order chi connectivity index (χ0) is 14.9. The van der Waals surface area contributed by atoms with E-state index < -0.39 is 0 Å². The molecule has 21 heavy (non-hydrogen) atoms. The number of nitrogens with zero attached hydrogens (tertiary/aromatic N) is 1. The summed E-state index contributed by atoms with van der Waals surface area (Å²) in [4.78, 5) is 14.5. The Kier molecular flexibility index (Phi) is 6.13. The van der Waals surface area contributed by atoms with E-state index in [4.69, 9.17) is 4.74 Å². The van der Waals surface area contributed by atoms with Gasteiger partial charge in [-0.1, -0.05) is 44.0 Å². The number of nitrogens with one attached hydrogen (secondary N) is 1. The number of carbonyl (C=O) groups is 1. The van der Waals surface area contributed by atoms with Crippen molar-refractivity contribution in [1.82, 2.24) is 4.90 Å². The molecule has 0 atom stereocenters. The normalized spacial score (nSPS) is 15.2. The molecule has 114 valence electrons. The highest BCUT2D eigenvalue weighted by atomic mass is 16.5. The summed E-state index contributed by atoms with van der Waals surface area (Å²) < 4.78 is 5.20. The summed E-state index contributed by atoms with van der Waals surface area (Å²) >= 11 is 0. The number of hydrogen-bond acceptors (Lipinski definition) is 2. The van der Waals surface area contributed by atoms with Crippen molar-refractivity contribution in [2.75, 3.05) is 18.5 Å². The Morgan fingerprint density at radius 3 is 2.67 bits per heavy atom. The van der Waals surface area contributed by atoms with Crippen LogP contribution in [-0.4, -0.2) is 30.1 Å². The predicted molar refractivity (Wildman–Crippen MR) is 85.2 cm³/mol. The highest BCUT2D eigenvalue weighted by Gasteiger charge is 2.25. The van der Waals surface area contributed by atoms with E-state index in [0.717, 1.165) is 18.5 Å². The van der Waals surface area contributed by atoms with Crippen LogP contribution in [0.2, 0.25) is 0 Å². The molecule has 0 unspecified atom stereocenters. The Labute approximate surface area is 126 Å². The number of ether oxygens (including phenoxy) is 1. The zero-order valence-corrected chi connectivity index (χ0v) is 12.5. The fraction of sp³-hybridized carbons (Fsp3) is 0.471. The van der Waals surface area contributed by atoms with Crippen molar-refractivity contribution < 1.29 is 9.53 Å². The molecule has 1 fully saturated rings. The molecule has 0 aliphatic heterocycles. The molecule has 4 nitrogen and oxygen atoms in total. The third-order valence-corrected chi connectivity index (χ3v) is 3.87. The molecule has 1 aromatic carbocycles. The third-order valence-electron chi connectivity index (χ3n) is 3.87. The average molecular weight is 288 g/mol. The molecular formula is C17H24N2O2. The van der Waals surface area contributed by atoms with Crippen molar-refractivity contribution in [3.63, 3.8) is 0 Å². The minimum Gasteiger partial charge on any atom is -0.500 e. The second-order valence-corrected chi connectivity index (χ2v) is 5.32. The van der Waals surface area contributed by atoms with Gasteiger partial charge in [-0.15, -0.1) is 0 Å². The van der Waals surface area contributed by atoms with Crippen LogP contribution in [0.5, 0.6) is 0 Å². The molecular weight excluding hydrogens is 264 g/mol. The molecule has 4 heteroatoms. The first-order valence-electron chi connectivity index (χ1n) is 7.66. The first kappa shape index (κ1) is 15.4. The van der Waals surface area contributed by atoms with E-state index in [2.05, 4.69) is 11.9 Å². The van der Waals surface area contributed by atoms with Crippen LogP contribution < -0.4 is 5.32 Å². The van der Waals surface area contributed by atoms with Crippen LogP contribution in [0.4, 0.5) is 10.5 Å². The molecule has 1 aliphatic rings. The van der Waals surface area contributed by atoms with Gasteiger partial charge in [0.25, 0.3) is 0 Å².